The highest BCUT2D eigenvalue weighted by atomic mass is 32.2. The summed E-state index contributed by atoms with van der Waals surface area (Å²) in [4.78, 5) is 37.0. The fourth-order valence-electron chi connectivity index (χ4n) is 2.67. The Balaban J connectivity index is 2.21. The number of hydrogen-bond donors (Lipinski definition) is 1. The molecule has 0 aliphatic carbocycles. The summed E-state index contributed by atoms with van der Waals surface area (Å²) in [5.41, 5.74) is 5.11. The van der Waals surface area contributed by atoms with E-state index in [2.05, 4.69) is 0 Å². The van der Waals surface area contributed by atoms with E-state index in [1.54, 1.807) is 31.9 Å². The summed E-state index contributed by atoms with van der Waals surface area (Å²) in [5, 5.41) is 0.590. The van der Waals surface area contributed by atoms with Crippen LogP contribution in [0.15, 0.2) is 11.2 Å². The molecule has 2 N–H and O–H groups in total. The van der Waals surface area contributed by atoms with Gasteiger partial charge in [0.1, 0.15) is 12.7 Å². The molecule has 27 heavy (non-hydrogen) atoms. The zero-order chi connectivity index (χ0) is 20.4. The molecular weight excluding hydrogens is 376 g/mol. The Morgan fingerprint density at radius 3 is 2.30 bits per heavy atom. The largest absolute Gasteiger partial charge is 0.462 e. The van der Waals surface area contributed by atoms with E-state index in [1.165, 1.54) is 25.6 Å². The molecule has 2 rings (SSSR count). The highest BCUT2D eigenvalue weighted by Gasteiger charge is 2.52. The molecule has 10 heteroatoms. The number of thioether (sulfide) groups is 1. The molecule has 0 unspecified atom stereocenters. The zero-order valence-corrected chi connectivity index (χ0v) is 16.9. The minimum Gasteiger partial charge on any atom is -0.462 e. The van der Waals surface area contributed by atoms with Crippen molar-refractivity contribution in [1.82, 2.24) is 4.90 Å². The molecule has 1 fully saturated rings. The van der Waals surface area contributed by atoms with Crippen LogP contribution >= 0.6 is 11.8 Å². The Bertz CT molecular complexity index is 631. The quantitative estimate of drug-likeness (QED) is 0.525. The number of esters is 3. The number of hydrogen-bond acceptors (Lipinski definition) is 10. The van der Waals surface area contributed by atoms with Gasteiger partial charge < -0.3 is 29.6 Å². The second-order valence-corrected chi connectivity index (χ2v) is 8.40. The molecule has 1 saturated heterocycles. The van der Waals surface area contributed by atoms with Crippen molar-refractivity contribution in [2.75, 3.05) is 12.5 Å². The lowest BCUT2D eigenvalue weighted by Gasteiger charge is -2.28. The van der Waals surface area contributed by atoms with E-state index in [-0.39, 0.29) is 6.61 Å². The summed E-state index contributed by atoms with van der Waals surface area (Å²) in [6.07, 6.45) is -1.61. The number of carbonyl (C=O) groups excluding carboxylic acids is 3. The summed E-state index contributed by atoms with van der Waals surface area (Å²) in [7, 11) is 0. The number of ether oxygens (including phenoxy) is 4. The Morgan fingerprint density at radius 1 is 1.22 bits per heavy atom. The first-order chi connectivity index (χ1) is 12.5. The Morgan fingerprint density at radius 2 is 1.81 bits per heavy atom. The number of nitrogens with zero attached hydrogens (tertiary/aromatic N) is 1. The molecule has 0 amide bonds. The molecule has 9 nitrogen and oxygen atoms in total. The molecule has 0 spiro atoms. The third kappa shape index (κ3) is 5.52. The van der Waals surface area contributed by atoms with Crippen molar-refractivity contribution in [3.05, 3.63) is 11.2 Å². The van der Waals surface area contributed by atoms with Crippen LogP contribution in [-0.4, -0.2) is 59.8 Å². The van der Waals surface area contributed by atoms with Crippen molar-refractivity contribution in [2.45, 2.75) is 59.2 Å². The minimum atomic E-state index is -0.913. The fraction of sp³-hybridized carbons (Fsp3) is 0.706. The third-order valence-electron chi connectivity index (χ3n) is 3.88. The number of carbonyl (C=O) groups is 3. The van der Waals surface area contributed by atoms with Crippen molar-refractivity contribution in [3.63, 3.8) is 0 Å². The molecule has 0 radical (unpaired) electrons. The van der Waals surface area contributed by atoms with Gasteiger partial charge >= 0.3 is 17.9 Å². The molecule has 4 atom stereocenters. The van der Waals surface area contributed by atoms with E-state index >= 15 is 0 Å². The first kappa shape index (κ1) is 21.4. The van der Waals surface area contributed by atoms with E-state index in [0.29, 0.717) is 10.9 Å². The summed E-state index contributed by atoms with van der Waals surface area (Å²) in [6, 6.07) is 0. The van der Waals surface area contributed by atoms with Crippen LogP contribution in [0.4, 0.5) is 0 Å². The Labute approximate surface area is 162 Å². The SMILES string of the molecule is CC(=O)O[C@@H]1[C@H](OC(C)=O)[C@@H](COC(=O)C(C)(C)C)O[C@H]1N1C=C(N)SC1. The predicted molar refractivity (Wildman–Crippen MR) is 96.8 cm³/mol. The van der Waals surface area contributed by atoms with E-state index in [0.717, 1.165) is 0 Å². The summed E-state index contributed by atoms with van der Waals surface area (Å²) >= 11 is 1.40. The van der Waals surface area contributed by atoms with E-state index < -0.39 is 47.9 Å². The lowest BCUT2D eigenvalue weighted by atomic mass is 9.97. The van der Waals surface area contributed by atoms with Crippen LogP contribution in [0.3, 0.4) is 0 Å². The lowest BCUT2D eigenvalue weighted by Crippen LogP contribution is -2.45. The van der Waals surface area contributed by atoms with Crippen molar-refractivity contribution >= 4 is 29.7 Å². The standard InChI is InChI=1S/C17H26N2O7S/c1-9(20)24-13-11(7-23-16(22)17(3,4)5)26-15(14(13)25-10(2)21)19-6-12(18)27-8-19/h6,11,13-15H,7-8,18H2,1-5H3/t11-,13-,14-,15-/m1/s1. The van der Waals surface area contributed by atoms with Gasteiger partial charge in [-0.15, -0.1) is 0 Å². The average molecular weight is 402 g/mol. The van der Waals surface area contributed by atoms with E-state index in [9.17, 15) is 14.4 Å². The van der Waals surface area contributed by atoms with Crippen LogP contribution in [0.2, 0.25) is 0 Å². The van der Waals surface area contributed by atoms with Gasteiger partial charge in [0.05, 0.1) is 16.3 Å². The van der Waals surface area contributed by atoms with Crippen LogP contribution in [0.5, 0.6) is 0 Å². The molecular formula is C17H26N2O7S. The predicted octanol–water partition coefficient (Wildman–Crippen LogP) is 0.928. The molecule has 2 heterocycles. The van der Waals surface area contributed by atoms with Crippen LogP contribution < -0.4 is 5.73 Å². The van der Waals surface area contributed by atoms with Gasteiger partial charge in [-0.05, 0) is 20.8 Å². The van der Waals surface area contributed by atoms with Crippen LogP contribution in [-0.2, 0) is 33.3 Å². The van der Waals surface area contributed by atoms with E-state index in [1.807, 2.05) is 0 Å². The zero-order valence-electron chi connectivity index (χ0n) is 16.1. The molecule has 0 saturated carbocycles. The lowest BCUT2D eigenvalue weighted by molar-refractivity contribution is -0.168. The maximum Gasteiger partial charge on any atom is 0.311 e. The summed E-state index contributed by atoms with van der Waals surface area (Å²) in [5.74, 6) is -1.02. The monoisotopic (exact) mass is 402 g/mol. The van der Waals surface area contributed by atoms with Gasteiger partial charge in [0.2, 0.25) is 0 Å². The van der Waals surface area contributed by atoms with Gasteiger partial charge in [-0.2, -0.15) is 0 Å². The van der Waals surface area contributed by atoms with Crippen LogP contribution in [0, 0.1) is 5.41 Å². The van der Waals surface area contributed by atoms with Gasteiger partial charge in [0.15, 0.2) is 18.4 Å². The average Bonchev–Trinajstić information content (AvgIpc) is 3.08. The first-order valence-corrected chi connectivity index (χ1v) is 9.50. The van der Waals surface area contributed by atoms with Gasteiger partial charge in [-0.1, -0.05) is 11.8 Å². The summed E-state index contributed by atoms with van der Waals surface area (Å²) < 4.78 is 22.0. The normalized spacial score (nSPS) is 27.9. The van der Waals surface area contributed by atoms with Crippen LogP contribution in [0.25, 0.3) is 0 Å². The highest BCUT2D eigenvalue weighted by molar-refractivity contribution is 8.03. The van der Waals surface area contributed by atoms with Crippen LogP contribution in [0.1, 0.15) is 34.6 Å². The summed E-state index contributed by atoms with van der Waals surface area (Å²) in [6.45, 7) is 7.57. The van der Waals surface area contributed by atoms with Crippen molar-refractivity contribution in [2.24, 2.45) is 11.1 Å². The molecule has 0 aromatic heterocycles. The van der Waals surface area contributed by atoms with Gasteiger partial charge in [0.25, 0.3) is 0 Å². The maximum atomic E-state index is 12.1. The molecule has 152 valence electrons. The van der Waals surface area contributed by atoms with Crippen molar-refractivity contribution in [1.29, 1.82) is 0 Å². The molecule has 2 aliphatic rings. The topological polar surface area (TPSA) is 117 Å². The van der Waals surface area contributed by atoms with Gasteiger partial charge in [-0.3, -0.25) is 14.4 Å². The first-order valence-electron chi connectivity index (χ1n) is 8.52. The Kier molecular flexibility index (Phi) is 6.63. The van der Waals surface area contributed by atoms with E-state index in [4.69, 9.17) is 24.7 Å². The van der Waals surface area contributed by atoms with Gasteiger partial charge in [0, 0.05) is 20.0 Å². The van der Waals surface area contributed by atoms with Crippen molar-refractivity contribution < 1.29 is 33.3 Å². The fourth-order valence-corrected chi connectivity index (χ4v) is 3.40. The molecule has 0 aromatic rings. The third-order valence-corrected chi connectivity index (χ3v) is 4.75. The number of nitrogens with two attached hydrogens (primary N) is 1. The minimum absolute atomic E-state index is 0.136. The smallest absolute Gasteiger partial charge is 0.311 e. The molecule has 2 aliphatic heterocycles. The Hall–Kier alpha value is -1.94. The highest BCUT2D eigenvalue weighted by Crippen LogP contribution is 2.34. The van der Waals surface area contributed by atoms with Crippen molar-refractivity contribution in [3.8, 4) is 0 Å². The molecule has 0 bridgehead atoms. The van der Waals surface area contributed by atoms with Gasteiger partial charge in [-0.25, -0.2) is 0 Å². The number of rotatable bonds is 5. The second-order valence-electron chi connectivity index (χ2n) is 7.38. The molecule has 0 aromatic carbocycles. The second kappa shape index (κ2) is 8.39. The maximum absolute atomic E-state index is 12.1.